The summed E-state index contributed by atoms with van der Waals surface area (Å²) >= 11 is 0. The molecule has 0 spiro atoms. The van der Waals surface area contributed by atoms with Crippen molar-refractivity contribution >= 4 is 11.9 Å². The van der Waals surface area contributed by atoms with Gasteiger partial charge >= 0.3 is 11.9 Å². The molecule has 5 heteroatoms. The minimum atomic E-state index is -0.674. The van der Waals surface area contributed by atoms with E-state index in [0.29, 0.717) is 5.56 Å². The normalized spacial score (nSPS) is 11.2. The maximum Gasteiger partial charge on any atom is 0.384 e. The number of ether oxygens (including phenoxy) is 2. The molecule has 1 unspecified atom stereocenters. The van der Waals surface area contributed by atoms with Crippen LogP contribution in [0.3, 0.4) is 0 Å². The lowest BCUT2D eigenvalue weighted by Crippen LogP contribution is -2.22. The average Bonchev–Trinajstić information content (AvgIpc) is 2.44. The molecular weight excluding hydrogens is 258 g/mol. The van der Waals surface area contributed by atoms with Crippen LogP contribution in [-0.4, -0.2) is 29.6 Å². The lowest BCUT2D eigenvalue weighted by Gasteiger charge is -2.15. The van der Waals surface area contributed by atoms with Crippen molar-refractivity contribution in [1.29, 1.82) is 0 Å². The lowest BCUT2D eigenvalue weighted by molar-refractivity contribution is -0.136. The van der Waals surface area contributed by atoms with Crippen molar-refractivity contribution in [3.8, 4) is 11.8 Å². The second-order valence-corrected chi connectivity index (χ2v) is 4.30. The van der Waals surface area contributed by atoms with Gasteiger partial charge < -0.3 is 9.47 Å². The summed E-state index contributed by atoms with van der Waals surface area (Å²) in [7, 11) is 0. The van der Waals surface area contributed by atoms with E-state index in [1.165, 1.54) is 6.20 Å². The van der Waals surface area contributed by atoms with Crippen molar-refractivity contribution in [2.75, 3.05) is 6.61 Å². The van der Waals surface area contributed by atoms with Gasteiger partial charge in [-0.05, 0) is 25.0 Å². The summed E-state index contributed by atoms with van der Waals surface area (Å²) in [6.45, 7) is 5.65. The van der Waals surface area contributed by atoms with Gasteiger partial charge in [0.15, 0.2) is 6.10 Å². The predicted molar refractivity (Wildman–Crippen MR) is 72.7 cm³/mol. The van der Waals surface area contributed by atoms with E-state index in [4.69, 9.17) is 9.47 Å². The molecule has 1 heterocycles. The zero-order valence-corrected chi connectivity index (χ0v) is 11.8. The number of hydrogen-bond donors (Lipinski definition) is 0. The number of aromatic nitrogens is 1. The van der Waals surface area contributed by atoms with Crippen molar-refractivity contribution in [3.63, 3.8) is 0 Å². The molecule has 20 heavy (non-hydrogen) atoms. The van der Waals surface area contributed by atoms with Gasteiger partial charge in [0, 0.05) is 24.2 Å². The highest BCUT2D eigenvalue weighted by Gasteiger charge is 2.17. The Hall–Kier alpha value is -2.35. The highest BCUT2D eigenvalue weighted by molar-refractivity contribution is 5.90. The molecule has 0 saturated carbocycles. The van der Waals surface area contributed by atoms with E-state index in [-0.39, 0.29) is 12.5 Å². The van der Waals surface area contributed by atoms with E-state index in [1.54, 1.807) is 25.3 Å². The van der Waals surface area contributed by atoms with Crippen molar-refractivity contribution in [1.82, 2.24) is 4.98 Å². The van der Waals surface area contributed by atoms with Crippen molar-refractivity contribution in [2.45, 2.75) is 26.9 Å². The molecule has 1 rings (SSSR count). The van der Waals surface area contributed by atoms with Crippen LogP contribution >= 0.6 is 0 Å². The third kappa shape index (κ3) is 5.11. The molecule has 0 N–H and O–H groups in total. The summed E-state index contributed by atoms with van der Waals surface area (Å²) in [4.78, 5) is 26.9. The smallest absolute Gasteiger partial charge is 0.384 e. The molecule has 0 bridgehead atoms. The number of nitrogens with zero attached hydrogens (tertiary/aromatic N) is 1. The Morgan fingerprint density at radius 2 is 2.15 bits per heavy atom. The highest BCUT2D eigenvalue weighted by atomic mass is 16.5. The Kier molecular flexibility index (Phi) is 6.24. The van der Waals surface area contributed by atoms with E-state index in [9.17, 15) is 9.59 Å². The van der Waals surface area contributed by atoms with Crippen LogP contribution in [0.5, 0.6) is 0 Å². The summed E-state index contributed by atoms with van der Waals surface area (Å²) in [5.74, 6) is 3.74. The van der Waals surface area contributed by atoms with Crippen LogP contribution in [0, 0.1) is 17.8 Å². The topological polar surface area (TPSA) is 65.5 Å². The number of esters is 2. The number of carbonyl (C=O) groups excluding carboxylic acids is 2. The van der Waals surface area contributed by atoms with E-state index in [1.807, 2.05) is 13.8 Å². The minimum Gasteiger partial charge on any atom is -0.456 e. The zero-order valence-electron chi connectivity index (χ0n) is 11.8. The molecular formula is C15H17NO4. The molecule has 0 amide bonds. The Labute approximate surface area is 118 Å². The fourth-order valence-corrected chi connectivity index (χ4v) is 1.30. The molecule has 0 aromatic carbocycles. The summed E-state index contributed by atoms with van der Waals surface area (Å²) in [5.41, 5.74) is 0.344. The molecule has 106 valence electrons. The van der Waals surface area contributed by atoms with E-state index in [0.717, 1.165) is 0 Å². The SMILES string of the molecule is CCOC(=O)C#CC(OC(=O)c1cccnc1)C(C)C. The van der Waals surface area contributed by atoms with Crippen LogP contribution < -0.4 is 0 Å². The Balaban J connectivity index is 2.73. The fraction of sp³-hybridized carbons (Fsp3) is 0.400. The predicted octanol–water partition coefficient (Wildman–Crippen LogP) is 1.83. The molecule has 0 radical (unpaired) electrons. The maximum atomic E-state index is 11.9. The van der Waals surface area contributed by atoms with Crippen LogP contribution in [0.4, 0.5) is 0 Å². The minimum absolute atomic E-state index is 0.0439. The van der Waals surface area contributed by atoms with Gasteiger partial charge in [-0.15, -0.1) is 0 Å². The van der Waals surface area contributed by atoms with E-state index >= 15 is 0 Å². The van der Waals surface area contributed by atoms with Gasteiger partial charge in [-0.2, -0.15) is 0 Å². The monoisotopic (exact) mass is 275 g/mol. The second kappa shape index (κ2) is 7.95. The van der Waals surface area contributed by atoms with Gasteiger partial charge in [0.2, 0.25) is 0 Å². The average molecular weight is 275 g/mol. The summed E-state index contributed by atoms with van der Waals surface area (Å²) in [5, 5.41) is 0. The van der Waals surface area contributed by atoms with Crippen molar-refractivity contribution in [2.24, 2.45) is 5.92 Å². The molecule has 1 aromatic rings. The van der Waals surface area contributed by atoms with Gasteiger partial charge in [-0.1, -0.05) is 13.8 Å². The van der Waals surface area contributed by atoms with E-state index < -0.39 is 18.0 Å². The van der Waals surface area contributed by atoms with Gasteiger partial charge in [-0.25, -0.2) is 9.59 Å². The summed E-state index contributed by atoms with van der Waals surface area (Å²) < 4.78 is 9.96. The summed E-state index contributed by atoms with van der Waals surface area (Å²) in [6, 6.07) is 3.25. The zero-order chi connectivity index (χ0) is 15.0. The summed E-state index contributed by atoms with van der Waals surface area (Å²) in [6.07, 6.45) is 2.31. The quantitative estimate of drug-likeness (QED) is 0.476. The lowest BCUT2D eigenvalue weighted by atomic mass is 10.1. The molecule has 0 aliphatic heterocycles. The molecule has 5 nitrogen and oxygen atoms in total. The molecule has 0 saturated heterocycles. The molecule has 0 fully saturated rings. The van der Waals surface area contributed by atoms with E-state index in [2.05, 4.69) is 16.8 Å². The molecule has 1 aromatic heterocycles. The van der Waals surface area contributed by atoms with Crippen LogP contribution in [-0.2, 0) is 14.3 Å². The second-order valence-electron chi connectivity index (χ2n) is 4.30. The first-order valence-corrected chi connectivity index (χ1v) is 6.34. The van der Waals surface area contributed by atoms with Crippen molar-refractivity contribution < 1.29 is 19.1 Å². The van der Waals surface area contributed by atoms with Gasteiger partial charge in [-0.3, -0.25) is 4.98 Å². The number of rotatable bonds is 4. The Bertz CT molecular complexity index is 514. The number of hydrogen-bond acceptors (Lipinski definition) is 5. The van der Waals surface area contributed by atoms with Gasteiger partial charge in [0.05, 0.1) is 12.2 Å². The first-order valence-electron chi connectivity index (χ1n) is 6.34. The third-order valence-electron chi connectivity index (χ3n) is 2.33. The third-order valence-corrected chi connectivity index (χ3v) is 2.33. The van der Waals surface area contributed by atoms with Crippen LogP contribution in [0.2, 0.25) is 0 Å². The maximum absolute atomic E-state index is 11.9. The number of pyridine rings is 1. The van der Waals surface area contributed by atoms with Crippen LogP contribution in [0.15, 0.2) is 24.5 Å². The highest BCUT2D eigenvalue weighted by Crippen LogP contribution is 2.09. The van der Waals surface area contributed by atoms with Gasteiger partial charge in [0.1, 0.15) is 0 Å². The van der Waals surface area contributed by atoms with Crippen LogP contribution in [0.25, 0.3) is 0 Å². The Morgan fingerprint density at radius 3 is 2.70 bits per heavy atom. The molecule has 0 aliphatic carbocycles. The van der Waals surface area contributed by atoms with Crippen LogP contribution in [0.1, 0.15) is 31.1 Å². The first-order chi connectivity index (χ1) is 9.54. The van der Waals surface area contributed by atoms with Gasteiger partial charge in [0.25, 0.3) is 0 Å². The first kappa shape index (κ1) is 15.7. The fourth-order valence-electron chi connectivity index (χ4n) is 1.30. The largest absolute Gasteiger partial charge is 0.456 e. The van der Waals surface area contributed by atoms with Crippen molar-refractivity contribution in [3.05, 3.63) is 30.1 Å². The Morgan fingerprint density at radius 1 is 1.40 bits per heavy atom. The number of carbonyl (C=O) groups is 2. The molecule has 1 atom stereocenters. The molecule has 0 aliphatic rings. The standard InChI is InChI=1S/C15H17NO4/c1-4-19-14(17)8-7-13(11(2)3)20-15(18)12-6-5-9-16-10-12/h5-6,9-11,13H,4H2,1-3H3.